The third kappa shape index (κ3) is 21.5. The Morgan fingerprint density at radius 3 is 0.464 bits per heavy atom. The van der Waals surface area contributed by atoms with E-state index in [0.29, 0.717) is 0 Å². The summed E-state index contributed by atoms with van der Waals surface area (Å²) in [6, 6.07) is 46.5. The van der Waals surface area contributed by atoms with Crippen LogP contribution in [0.5, 0.6) is 0 Å². The molecule has 0 saturated heterocycles. The summed E-state index contributed by atoms with van der Waals surface area (Å²) in [6.45, 7) is 0. The number of hydrogen-bond donors (Lipinski definition) is 0. The number of carboxylic acids is 6. The van der Waals surface area contributed by atoms with Crippen LogP contribution in [0, 0.1) is 0 Å². The van der Waals surface area contributed by atoms with Crippen molar-refractivity contribution in [3.63, 3.8) is 0 Å². The van der Waals surface area contributed by atoms with Crippen LogP contribution in [-0.2, 0) is 67.3 Å². The monoisotopic (exact) mass is 1090 g/mol. The predicted molar refractivity (Wildman–Crippen MR) is 283 cm³/mol. The third-order valence-electron chi connectivity index (χ3n) is 15.9. The second-order valence-corrected chi connectivity index (χ2v) is 20.8. The molecule has 408 valence electrons. The molecule has 0 spiro atoms. The van der Waals surface area contributed by atoms with Crippen LogP contribution in [0.4, 0.5) is 0 Å². The minimum absolute atomic E-state index is 0. The van der Waals surface area contributed by atoms with Gasteiger partial charge >= 0.3 is 113 Å². The number of carbonyl (C=O) groups excluding carboxylic acids is 6. The van der Waals surface area contributed by atoms with Crippen molar-refractivity contribution < 1.29 is 173 Å². The molecule has 0 aliphatic heterocycles. The fraction of sp³-hybridized carbons (Fsp3) is 0.364. The van der Waals surface area contributed by atoms with E-state index >= 15 is 0 Å². The van der Waals surface area contributed by atoms with Crippen molar-refractivity contribution in [2.45, 2.75) is 151 Å². The maximum atomic E-state index is 10.8. The molecule has 6 unspecified atom stereocenters. The van der Waals surface area contributed by atoms with E-state index in [1.807, 2.05) is 146 Å². The Hall–Kier alpha value is -4.28. The Kier molecular flexibility index (Phi) is 36.6. The molecule has 0 saturated carbocycles. The van der Waals surface area contributed by atoms with Crippen LogP contribution >= 0.6 is 0 Å². The van der Waals surface area contributed by atoms with E-state index in [4.69, 9.17) is 0 Å². The van der Waals surface area contributed by atoms with Gasteiger partial charge in [0.05, 0.1) is 0 Å². The van der Waals surface area contributed by atoms with E-state index in [-0.39, 0.29) is 149 Å². The molecule has 12 nitrogen and oxygen atoms in total. The Morgan fingerprint density at radius 2 is 0.345 bits per heavy atom. The molecule has 6 aromatic carbocycles. The van der Waals surface area contributed by atoms with E-state index < -0.39 is 35.8 Å². The van der Waals surface area contributed by atoms with Gasteiger partial charge in [-0.15, -0.1) is 0 Å². The van der Waals surface area contributed by atoms with Gasteiger partial charge in [-0.25, -0.2) is 0 Å². The first-order valence-electron chi connectivity index (χ1n) is 27.4. The van der Waals surface area contributed by atoms with E-state index in [1.54, 1.807) is 0 Å². The Bertz CT molecular complexity index is 2540. The van der Waals surface area contributed by atoms with Crippen LogP contribution < -0.4 is 144 Å². The van der Waals surface area contributed by atoms with E-state index in [9.17, 15) is 59.4 Å². The van der Waals surface area contributed by atoms with Crippen LogP contribution in [0.1, 0.15) is 179 Å². The van der Waals surface area contributed by atoms with Gasteiger partial charge in [0, 0.05) is 71.3 Å². The minimum atomic E-state index is -0.938. The van der Waals surface area contributed by atoms with Crippen LogP contribution in [0.3, 0.4) is 0 Å². The molecule has 0 heterocycles. The number of hydrogen-bond acceptors (Lipinski definition) is 12. The minimum Gasteiger partial charge on any atom is -0.549 e. The number of fused-ring (bicyclic) bond motifs is 6. The molecule has 84 heavy (non-hydrogen) atoms. The molecule has 0 N–H and O–H groups in total. The summed E-state index contributed by atoms with van der Waals surface area (Å²) >= 11 is 0. The van der Waals surface area contributed by atoms with Gasteiger partial charge in [-0.3, -0.25) is 0 Å². The molecule has 0 amide bonds. The Balaban J connectivity index is 0.000000497. The number of carboxylic acid groups (broad SMARTS) is 6. The van der Waals surface area contributed by atoms with Gasteiger partial charge in [0.25, 0.3) is 0 Å². The Labute approximate surface area is 566 Å². The summed E-state index contributed by atoms with van der Waals surface area (Å²) in [7, 11) is 0. The standard InChI is InChI=1S/6C11H12O2.6Li/c6*12-11(13)10-7-3-5-8-4-1-2-6-9(8)10;;;;;;/h6*1-2,4,6,10H,3,5,7H2,(H,12,13);;;;;;/q;;;;;;6*+1/p-6. The van der Waals surface area contributed by atoms with Gasteiger partial charge in [-0.05, 0) is 182 Å². The van der Waals surface area contributed by atoms with Crippen molar-refractivity contribution in [3.8, 4) is 0 Å². The number of rotatable bonds is 6. The molecule has 6 atom stereocenters. The molecular formula is C66H66Li6O12. The molecule has 6 aliphatic rings. The summed E-state index contributed by atoms with van der Waals surface area (Å²) in [5, 5.41) is 64.8. The number of benzene rings is 6. The van der Waals surface area contributed by atoms with Crippen molar-refractivity contribution >= 4 is 35.8 Å². The summed E-state index contributed by atoms with van der Waals surface area (Å²) in [5.74, 6) is -7.93. The smallest absolute Gasteiger partial charge is 0.549 e. The van der Waals surface area contributed by atoms with Gasteiger partial charge in [-0.1, -0.05) is 146 Å². The van der Waals surface area contributed by atoms with Crippen molar-refractivity contribution in [1.29, 1.82) is 0 Å². The van der Waals surface area contributed by atoms with Crippen molar-refractivity contribution in [2.75, 3.05) is 0 Å². The quantitative estimate of drug-likeness (QED) is 0.141. The van der Waals surface area contributed by atoms with Crippen molar-refractivity contribution in [2.24, 2.45) is 0 Å². The molecule has 0 bridgehead atoms. The predicted octanol–water partition coefficient (Wildman–Crippen LogP) is -12.8. The second-order valence-electron chi connectivity index (χ2n) is 20.8. The molecular weight excluding hydrogens is 1030 g/mol. The molecule has 0 radical (unpaired) electrons. The largest absolute Gasteiger partial charge is 1.00 e. The molecule has 6 aromatic rings. The second kappa shape index (κ2) is 39.5. The summed E-state index contributed by atoms with van der Waals surface area (Å²) in [5.41, 5.74) is 12.7. The summed E-state index contributed by atoms with van der Waals surface area (Å²) < 4.78 is 0. The van der Waals surface area contributed by atoms with Crippen LogP contribution in [0.15, 0.2) is 146 Å². The van der Waals surface area contributed by atoms with E-state index in [2.05, 4.69) is 0 Å². The number of carbonyl (C=O) groups is 6. The molecule has 12 rings (SSSR count). The first kappa shape index (κ1) is 77.7. The third-order valence-corrected chi connectivity index (χ3v) is 15.9. The molecule has 18 heteroatoms. The number of aliphatic carboxylic acids is 6. The fourth-order valence-corrected chi connectivity index (χ4v) is 12.0. The first-order valence-corrected chi connectivity index (χ1v) is 27.4. The summed E-state index contributed by atoms with van der Waals surface area (Å²) in [4.78, 5) is 64.8. The average molecular weight is 1090 g/mol. The van der Waals surface area contributed by atoms with Gasteiger partial charge in [0.15, 0.2) is 0 Å². The van der Waals surface area contributed by atoms with Gasteiger partial charge < -0.3 is 59.4 Å². The SMILES string of the molecule is O=C([O-])C1CCCc2ccccc21.O=C([O-])C1CCCc2ccccc21.O=C([O-])C1CCCc2ccccc21.O=C([O-])C1CCCc2ccccc21.O=C([O-])C1CCCc2ccccc21.O=C([O-])C1CCCc2ccccc21.[Li+].[Li+].[Li+].[Li+].[Li+].[Li+]. The zero-order chi connectivity index (χ0) is 55.6. The van der Waals surface area contributed by atoms with Crippen LogP contribution in [0.2, 0.25) is 0 Å². The van der Waals surface area contributed by atoms with Crippen molar-refractivity contribution in [1.82, 2.24) is 0 Å². The maximum absolute atomic E-state index is 10.8. The van der Waals surface area contributed by atoms with E-state index in [0.717, 1.165) is 149 Å². The number of aryl methyl sites for hydroxylation is 6. The molecule has 0 aromatic heterocycles. The fourth-order valence-electron chi connectivity index (χ4n) is 12.0. The van der Waals surface area contributed by atoms with Gasteiger partial charge in [0.1, 0.15) is 0 Å². The van der Waals surface area contributed by atoms with Gasteiger partial charge in [0.2, 0.25) is 0 Å². The van der Waals surface area contributed by atoms with Crippen molar-refractivity contribution in [3.05, 3.63) is 212 Å². The zero-order valence-electron chi connectivity index (χ0n) is 49.9. The first-order chi connectivity index (χ1) is 37.7. The molecule has 0 fully saturated rings. The topological polar surface area (TPSA) is 241 Å². The zero-order valence-corrected chi connectivity index (χ0v) is 49.9. The molecule has 6 aliphatic carbocycles. The summed E-state index contributed by atoms with van der Waals surface area (Å²) in [6.07, 6.45) is 16.1. The van der Waals surface area contributed by atoms with Crippen LogP contribution in [-0.4, -0.2) is 35.8 Å². The average Bonchev–Trinajstić information content (AvgIpc) is 3.68. The maximum Gasteiger partial charge on any atom is 1.00 e. The Morgan fingerprint density at radius 1 is 0.226 bits per heavy atom. The van der Waals surface area contributed by atoms with Gasteiger partial charge in [-0.2, -0.15) is 0 Å². The van der Waals surface area contributed by atoms with Crippen LogP contribution in [0.25, 0.3) is 0 Å². The van der Waals surface area contributed by atoms with E-state index in [1.165, 1.54) is 33.4 Å². The normalized spacial score (nSPS) is 19.3.